The standard InChI is InChI=1S/C21H22F3N5O.C17H20F5N5O.C17H24N6O2.C16H21F2N5O.C16H22N6O2/c1-28(20-17-7-8-25-19(17)26-13-27-20)29-9-3-5-15(12-29)18(30)11-14-4-2-6-16(10-14)21(22,23)24;1-26(15-12-5-7-23-14(12)24-10-25-15)27-8-2-3-11(9-27)13(28)4-6-16(18,19)17(20,21)22;1-17(2,3)25-16(24)22-6-11-8-23(9-12(11)7-22)21-15-13-4-5-18-14(13)19-10-20-15;1-22(16-12-6-7-19-15(12)20-10-21-16)23-8-2-3-11(9-23)13(24)4-5-14(17)18;1-20(15-13-4-5-17-14(13)18-10-19-15)22-6-2-3-11(7-22)16(24)21-8-12(23)9-21/h2,4,6-8,10,13,15H,3,5,9,11-12H2,1H3,(H,25,26,27);5,7,10-11H,2-4,6,8-9H2,1H3,(H,23,24,25);4-5,10-12H,6-9H2,1-3H3,(H2,18,19,20,21);6-7,10-11,14H,2-5,8-9H2,1H3,(H,19,20,21);4-5,10-12,23H,2-3,6-9H2,1H3,(H,17,18,19). The van der Waals surface area contributed by atoms with Gasteiger partial charge in [0.25, 0.3) is 0 Å². The number of aromatic amines is 5. The number of carbonyl (C=O) groups is 5. The van der Waals surface area contributed by atoms with E-state index in [4.69, 9.17) is 4.74 Å². The maximum atomic E-state index is 13.1. The topological polar surface area (TPSA) is 370 Å². The van der Waals surface area contributed by atoms with E-state index in [1.807, 2.05) is 116 Å². The number of rotatable bonds is 22. The van der Waals surface area contributed by atoms with E-state index in [-0.39, 0.29) is 73.2 Å². The van der Waals surface area contributed by atoms with Gasteiger partial charge in [0.2, 0.25) is 12.3 Å². The van der Waals surface area contributed by atoms with Crippen LogP contribution in [0.25, 0.3) is 55.2 Å². The third kappa shape index (κ3) is 23.4. The highest BCUT2D eigenvalue weighted by Crippen LogP contribution is 2.41. The van der Waals surface area contributed by atoms with Crippen LogP contribution in [0.2, 0.25) is 0 Å². The Kier molecular flexibility index (Phi) is 30.0. The lowest BCUT2D eigenvalue weighted by Crippen LogP contribution is -2.58. The molecule has 7 N–H and O–H groups in total. The molecule has 131 heavy (non-hydrogen) atoms. The first-order chi connectivity index (χ1) is 62.5. The number of hydrogen-bond donors (Lipinski definition) is 7. The Labute approximate surface area is 747 Å². The number of ether oxygens (including phenoxy) is 1. The van der Waals surface area contributed by atoms with Crippen molar-refractivity contribution in [1.29, 1.82) is 0 Å². The van der Waals surface area contributed by atoms with Gasteiger partial charge in [-0.1, -0.05) is 18.2 Å². The first-order valence-electron chi connectivity index (χ1n) is 43.8. The van der Waals surface area contributed by atoms with Crippen molar-refractivity contribution < 1.29 is 77.7 Å². The van der Waals surface area contributed by atoms with Gasteiger partial charge in [0, 0.05) is 201 Å². The van der Waals surface area contributed by atoms with Crippen LogP contribution in [0.5, 0.6) is 0 Å². The van der Waals surface area contributed by atoms with Crippen molar-refractivity contribution in [3.05, 3.63) is 128 Å². The second kappa shape index (κ2) is 41.3. The lowest BCUT2D eigenvalue weighted by molar-refractivity contribution is -0.284. The number of hydrogen-bond acceptors (Lipinski definition) is 27. The molecule has 7 aliphatic heterocycles. The van der Waals surface area contributed by atoms with E-state index in [2.05, 4.69) is 100 Å². The average molecular weight is 1830 g/mol. The van der Waals surface area contributed by atoms with Crippen molar-refractivity contribution in [2.24, 2.45) is 35.5 Å². The molecule has 1 aromatic carbocycles. The fourth-order valence-electron chi connectivity index (χ4n) is 17.8. The molecule has 44 heteroatoms. The quantitative estimate of drug-likeness (QED) is 0.0310. The van der Waals surface area contributed by atoms with E-state index in [9.17, 15) is 73.0 Å². The summed E-state index contributed by atoms with van der Waals surface area (Å²) < 4.78 is 132. The number of hydrazine groups is 5. The highest BCUT2D eigenvalue weighted by molar-refractivity contribution is 5.91. The number of amides is 2. The molecule has 704 valence electrons. The number of H-pyrrole nitrogens is 5. The maximum absolute atomic E-state index is 13.1. The van der Waals surface area contributed by atoms with E-state index < -0.39 is 60.4 Å². The molecule has 17 heterocycles. The van der Waals surface area contributed by atoms with Crippen molar-refractivity contribution in [1.82, 2.24) is 110 Å². The number of ketones is 3. The van der Waals surface area contributed by atoms with Gasteiger partial charge in [0.05, 0.1) is 44.5 Å². The van der Waals surface area contributed by atoms with Crippen LogP contribution in [0, 0.1) is 35.5 Å². The Morgan fingerprint density at radius 2 is 0.855 bits per heavy atom. The van der Waals surface area contributed by atoms with Gasteiger partial charge in [0.1, 0.15) is 82.8 Å². The minimum absolute atomic E-state index is 0.00169. The Balaban J connectivity index is 0.000000132. The van der Waals surface area contributed by atoms with Gasteiger partial charge >= 0.3 is 24.4 Å². The molecular formula is C87H109F10N27O7. The normalized spacial score (nSPS) is 20.4. The molecule has 0 saturated carbocycles. The van der Waals surface area contributed by atoms with Crippen molar-refractivity contribution in [2.75, 3.05) is 145 Å². The van der Waals surface area contributed by atoms with Gasteiger partial charge in [-0.2, -0.15) is 35.1 Å². The summed E-state index contributed by atoms with van der Waals surface area (Å²) >= 11 is 0. The highest BCUT2D eigenvalue weighted by Gasteiger charge is 2.57. The predicted molar refractivity (Wildman–Crippen MR) is 468 cm³/mol. The number of halogens is 10. The molecule has 11 aromatic rings. The summed E-state index contributed by atoms with van der Waals surface area (Å²) in [6.07, 6.45) is 6.95. The van der Waals surface area contributed by atoms with Crippen molar-refractivity contribution >= 4 is 114 Å². The minimum atomic E-state index is -5.64. The molecule has 10 aromatic heterocycles. The number of aromatic nitrogens is 15. The summed E-state index contributed by atoms with van der Waals surface area (Å²) in [4.78, 5) is 124. The first kappa shape index (κ1) is 95.2. The van der Waals surface area contributed by atoms with Crippen LogP contribution in [0.15, 0.2) is 117 Å². The smallest absolute Gasteiger partial charge is 0.444 e. The summed E-state index contributed by atoms with van der Waals surface area (Å²) in [7, 11) is 7.55. The Bertz CT molecular complexity index is 5680. The van der Waals surface area contributed by atoms with Gasteiger partial charge < -0.3 is 50.0 Å². The maximum Gasteiger partial charge on any atom is 0.453 e. The summed E-state index contributed by atoms with van der Waals surface area (Å²) in [5.74, 6) is -1.71. The van der Waals surface area contributed by atoms with Crippen LogP contribution in [0.1, 0.15) is 109 Å². The summed E-state index contributed by atoms with van der Waals surface area (Å²) in [5.41, 5.74) is 6.41. The third-order valence-corrected chi connectivity index (χ3v) is 24.8. The molecule has 0 aliphatic carbocycles. The van der Waals surface area contributed by atoms with Crippen molar-refractivity contribution in [2.45, 2.75) is 141 Å². The molecule has 18 rings (SSSR count). The van der Waals surface area contributed by atoms with Gasteiger partial charge in [-0.05, 0) is 126 Å². The molecular weight excluding hydrogens is 1730 g/mol. The minimum Gasteiger partial charge on any atom is -0.444 e. The second-order valence-electron chi connectivity index (χ2n) is 35.0. The molecule has 7 aliphatic rings. The summed E-state index contributed by atoms with van der Waals surface area (Å²) in [5, 5.41) is 31.9. The number of β-amino-alcohol motifs (C(OH)–C–C–N with tert-alkyl or cyclic N) is 1. The molecule has 2 amide bonds. The number of fused-ring (bicyclic) bond motifs is 6. The number of anilines is 5. The SMILES string of the molecule is CC(C)(C)OC(=O)N1CC2CN(Nc3ncnc4[nH]ccc34)CC2C1.CN(c1ncnc2[nH]ccc12)N1CCCC(C(=O)CCC(F)(F)C(F)(F)F)C1.CN(c1ncnc2[nH]ccc12)N1CCCC(C(=O)CCC(F)F)C1.CN(c1ncnc2[nH]ccc12)N1CCCC(C(=O)Cc2cccc(C(F)(F)F)c2)C1.CN(c1ncnc2[nH]ccc12)N1CCCC(C(=O)N2CC(O)C2)C1. The third-order valence-electron chi connectivity index (χ3n) is 24.8. The van der Waals surface area contributed by atoms with E-state index in [0.29, 0.717) is 81.0 Å². The molecule has 0 spiro atoms. The van der Waals surface area contributed by atoms with E-state index in [1.165, 1.54) is 25.0 Å². The summed E-state index contributed by atoms with van der Waals surface area (Å²) in [6, 6.07) is 14.6. The van der Waals surface area contributed by atoms with Crippen LogP contribution >= 0.6 is 0 Å². The number of nitrogens with one attached hydrogen (secondary N) is 6. The van der Waals surface area contributed by atoms with E-state index in [1.54, 1.807) is 48.1 Å². The number of piperidine rings is 4. The number of aliphatic hydroxyl groups is 1. The lowest BCUT2D eigenvalue weighted by atomic mass is 9.90. The number of likely N-dealkylation sites (tertiary alicyclic amines) is 2. The molecule has 7 saturated heterocycles. The Morgan fingerprint density at radius 1 is 0.473 bits per heavy atom. The molecule has 0 radical (unpaired) electrons. The van der Waals surface area contributed by atoms with Crippen LogP contribution in [0.3, 0.4) is 0 Å². The fourth-order valence-corrected chi connectivity index (χ4v) is 17.8. The van der Waals surface area contributed by atoms with Crippen LogP contribution in [-0.2, 0) is 36.5 Å². The van der Waals surface area contributed by atoms with Gasteiger partial charge in [0.15, 0.2) is 29.1 Å². The number of nitrogens with zero attached hydrogens (tertiary/aromatic N) is 21. The summed E-state index contributed by atoms with van der Waals surface area (Å²) in [6.45, 7) is 15.0. The van der Waals surface area contributed by atoms with E-state index in [0.717, 1.165) is 169 Å². The van der Waals surface area contributed by atoms with Crippen molar-refractivity contribution in [3.8, 4) is 0 Å². The second-order valence-corrected chi connectivity index (χ2v) is 35.0. The van der Waals surface area contributed by atoms with Crippen LogP contribution in [-0.4, -0.2) is 294 Å². The highest BCUT2D eigenvalue weighted by atomic mass is 19.4. The molecule has 6 unspecified atom stereocenters. The predicted octanol–water partition coefficient (Wildman–Crippen LogP) is 12.4. The van der Waals surface area contributed by atoms with Gasteiger partial charge in [-0.3, -0.25) is 39.2 Å². The number of benzene rings is 1. The van der Waals surface area contributed by atoms with Crippen LogP contribution in [0.4, 0.5) is 77.8 Å². The van der Waals surface area contributed by atoms with Gasteiger partial charge in [-0.15, -0.1) is 0 Å². The monoisotopic (exact) mass is 1830 g/mol. The molecule has 6 atom stereocenters. The number of alkyl halides is 10. The zero-order valence-corrected chi connectivity index (χ0v) is 73.7. The Hall–Kier alpha value is -11.9. The van der Waals surface area contributed by atoms with Crippen LogP contribution < -0.4 is 25.5 Å². The number of Topliss-reactive ketones (excluding diaryl/α,β-unsaturated/α-hetero) is 3. The first-order valence-corrected chi connectivity index (χ1v) is 43.8. The zero-order valence-electron chi connectivity index (χ0n) is 73.7. The molecule has 0 bridgehead atoms. The zero-order chi connectivity index (χ0) is 93.2. The fraction of sp³-hybridized carbons (Fsp3) is 0.529. The van der Waals surface area contributed by atoms with E-state index >= 15 is 0 Å². The average Bonchev–Trinajstić information content (AvgIpc) is 1.64. The number of carbonyl (C=O) groups excluding carboxylic acids is 5. The molecule has 34 nitrogen and oxygen atoms in total. The number of aliphatic hydroxyl groups excluding tert-OH is 1. The lowest BCUT2D eigenvalue weighted by Gasteiger charge is -2.42. The Morgan fingerprint density at radius 3 is 1.25 bits per heavy atom. The molecule has 7 fully saturated rings. The van der Waals surface area contributed by atoms with Gasteiger partial charge in [-0.25, -0.2) is 88.5 Å². The van der Waals surface area contributed by atoms with Crippen molar-refractivity contribution in [3.63, 3.8) is 0 Å². The largest absolute Gasteiger partial charge is 0.453 e.